The molecular weight excluding hydrogens is 434 g/mol. The van der Waals surface area contributed by atoms with E-state index in [4.69, 9.17) is 9.47 Å². The zero-order valence-corrected chi connectivity index (χ0v) is 18.4. The summed E-state index contributed by atoms with van der Waals surface area (Å²) in [6.07, 6.45) is 0. The third-order valence-corrected chi connectivity index (χ3v) is 5.86. The van der Waals surface area contributed by atoms with Crippen molar-refractivity contribution in [3.63, 3.8) is 0 Å². The molecule has 0 aromatic heterocycles. The third kappa shape index (κ3) is 3.97. The van der Waals surface area contributed by atoms with E-state index in [0.717, 1.165) is 22.4 Å². The van der Waals surface area contributed by atoms with Crippen LogP contribution < -0.4 is 19.7 Å². The summed E-state index contributed by atoms with van der Waals surface area (Å²) in [6, 6.07) is 23.6. The first-order chi connectivity index (χ1) is 16.5. The molecule has 170 valence electrons. The van der Waals surface area contributed by atoms with E-state index >= 15 is 0 Å². The summed E-state index contributed by atoms with van der Waals surface area (Å²) in [5.74, 6) is 0.767. The lowest BCUT2D eigenvalue weighted by Crippen LogP contribution is -2.32. The molecule has 0 aliphatic carbocycles. The molecule has 0 bridgehead atoms. The van der Waals surface area contributed by atoms with Crippen LogP contribution in [0.2, 0.25) is 0 Å². The number of carbonyl (C=O) groups excluding carboxylic acids is 1. The van der Waals surface area contributed by atoms with Crippen LogP contribution in [-0.4, -0.2) is 24.7 Å². The third-order valence-electron chi connectivity index (χ3n) is 5.86. The first-order valence-electron chi connectivity index (χ1n) is 10.7. The lowest BCUT2D eigenvalue weighted by Gasteiger charge is -2.31. The molecule has 1 aliphatic heterocycles. The van der Waals surface area contributed by atoms with Crippen molar-refractivity contribution in [3.05, 3.63) is 100 Å². The van der Waals surface area contributed by atoms with Gasteiger partial charge in [-0.3, -0.25) is 14.9 Å². The number of nitrogens with one attached hydrogen (secondary N) is 1. The molecule has 1 heterocycles. The van der Waals surface area contributed by atoms with E-state index in [0.29, 0.717) is 24.5 Å². The Morgan fingerprint density at radius 2 is 1.85 bits per heavy atom. The van der Waals surface area contributed by atoms with Gasteiger partial charge in [0.05, 0.1) is 30.3 Å². The Morgan fingerprint density at radius 1 is 1.06 bits per heavy atom. The standard InChI is InChI=1S/C26H21N3O5/c1-33-25-14-20(29(31)32)11-12-23(25)27-26(30)18-6-9-19(10-7-18)28-15-22-21-5-3-2-4-17(21)8-13-24(22)34-16-28/h2-14H,15-16H2,1H3,(H,27,30). The predicted molar refractivity (Wildman–Crippen MR) is 130 cm³/mol. The number of amides is 1. The Bertz CT molecular complexity index is 1400. The molecule has 8 nitrogen and oxygen atoms in total. The van der Waals surface area contributed by atoms with Gasteiger partial charge in [0, 0.05) is 22.9 Å². The minimum Gasteiger partial charge on any atom is -0.494 e. The normalized spacial score (nSPS) is 12.6. The molecule has 0 fully saturated rings. The number of nitro benzene ring substituents is 1. The molecule has 0 atom stereocenters. The van der Waals surface area contributed by atoms with Gasteiger partial charge in [0.15, 0.2) is 6.73 Å². The summed E-state index contributed by atoms with van der Waals surface area (Å²) in [6.45, 7) is 1.11. The number of ether oxygens (including phenoxy) is 2. The maximum Gasteiger partial charge on any atom is 0.273 e. The first kappa shape index (κ1) is 21.3. The lowest BCUT2D eigenvalue weighted by atomic mass is 10.0. The minimum atomic E-state index is -0.516. The van der Waals surface area contributed by atoms with Crippen molar-refractivity contribution in [3.8, 4) is 11.5 Å². The van der Waals surface area contributed by atoms with Crippen LogP contribution in [0.15, 0.2) is 78.9 Å². The minimum absolute atomic E-state index is 0.114. The largest absolute Gasteiger partial charge is 0.494 e. The molecule has 8 heteroatoms. The number of carbonyl (C=O) groups is 1. The molecule has 0 unspecified atom stereocenters. The summed E-state index contributed by atoms with van der Waals surface area (Å²) in [4.78, 5) is 25.3. The first-order valence-corrected chi connectivity index (χ1v) is 10.7. The van der Waals surface area contributed by atoms with E-state index in [1.165, 1.54) is 30.7 Å². The molecule has 1 aliphatic rings. The van der Waals surface area contributed by atoms with Crippen molar-refractivity contribution in [2.75, 3.05) is 24.1 Å². The Kier molecular flexibility index (Phi) is 5.47. The number of methoxy groups -OCH3 is 1. The highest BCUT2D eigenvalue weighted by atomic mass is 16.6. The van der Waals surface area contributed by atoms with E-state index in [2.05, 4.69) is 28.4 Å². The zero-order valence-electron chi connectivity index (χ0n) is 18.4. The summed E-state index contributed by atoms with van der Waals surface area (Å²) >= 11 is 0. The van der Waals surface area contributed by atoms with Crippen molar-refractivity contribution < 1.29 is 19.2 Å². The zero-order chi connectivity index (χ0) is 23.7. The highest BCUT2D eigenvalue weighted by molar-refractivity contribution is 6.05. The molecule has 0 saturated heterocycles. The maximum atomic E-state index is 12.8. The highest BCUT2D eigenvalue weighted by Crippen LogP contribution is 2.34. The van der Waals surface area contributed by atoms with Crippen LogP contribution in [0, 0.1) is 10.1 Å². The van der Waals surface area contributed by atoms with Crippen LogP contribution in [0.25, 0.3) is 10.8 Å². The second-order valence-corrected chi connectivity index (χ2v) is 7.88. The topological polar surface area (TPSA) is 93.9 Å². The average molecular weight is 455 g/mol. The van der Waals surface area contributed by atoms with E-state index in [1.54, 1.807) is 12.1 Å². The average Bonchev–Trinajstić information content (AvgIpc) is 2.88. The van der Waals surface area contributed by atoms with Gasteiger partial charge in [-0.25, -0.2) is 0 Å². The smallest absolute Gasteiger partial charge is 0.273 e. The van der Waals surface area contributed by atoms with Crippen molar-refractivity contribution in [1.82, 2.24) is 0 Å². The van der Waals surface area contributed by atoms with Crippen LogP contribution in [0.5, 0.6) is 11.5 Å². The van der Waals surface area contributed by atoms with Crippen LogP contribution >= 0.6 is 0 Å². The predicted octanol–water partition coefficient (Wildman–Crippen LogP) is 5.37. The van der Waals surface area contributed by atoms with Gasteiger partial charge >= 0.3 is 0 Å². The Hall–Kier alpha value is -4.59. The summed E-state index contributed by atoms with van der Waals surface area (Å²) in [5.41, 5.74) is 2.76. The summed E-state index contributed by atoms with van der Waals surface area (Å²) < 4.78 is 11.2. The number of non-ortho nitro benzene ring substituents is 1. The second kappa shape index (κ2) is 8.74. The summed E-state index contributed by atoms with van der Waals surface area (Å²) in [7, 11) is 1.39. The lowest BCUT2D eigenvalue weighted by molar-refractivity contribution is -0.384. The molecule has 0 radical (unpaired) electrons. The molecule has 4 aromatic carbocycles. The van der Waals surface area contributed by atoms with E-state index in [9.17, 15) is 14.9 Å². The number of nitrogens with zero attached hydrogens (tertiary/aromatic N) is 2. The van der Waals surface area contributed by atoms with Crippen LogP contribution in [0.4, 0.5) is 17.1 Å². The number of rotatable bonds is 5. The molecule has 0 spiro atoms. The summed E-state index contributed by atoms with van der Waals surface area (Å²) in [5, 5.41) is 16.1. The molecular formula is C26H21N3O5. The van der Waals surface area contributed by atoms with Gasteiger partial charge in [0.1, 0.15) is 11.5 Å². The van der Waals surface area contributed by atoms with Crippen molar-refractivity contribution in [2.24, 2.45) is 0 Å². The van der Waals surface area contributed by atoms with Gasteiger partial charge in [-0.2, -0.15) is 0 Å². The van der Waals surface area contributed by atoms with E-state index in [-0.39, 0.29) is 17.3 Å². The SMILES string of the molecule is COc1cc([N+](=O)[O-])ccc1NC(=O)c1ccc(N2COc3ccc4ccccc4c3C2)cc1. The van der Waals surface area contributed by atoms with Crippen LogP contribution in [0.3, 0.4) is 0 Å². The molecule has 1 amide bonds. The van der Waals surface area contributed by atoms with Gasteiger partial charge in [-0.15, -0.1) is 0 Å². The Balaban J connectivity index is 1.33. The molecule has 5 rings (SSSR count). The fraction of sp³-hybridized carbons (Fsp3) is 0.115. The van der Waals surface area contributed by atoms with Gasteiger partial charge in [0.2, 0.25) is 0 Å². The second-order valence-electron chi connectivity index (χ2n) is 7.88. The van der Waals surface area contributed by atoms with Gasteiger partial charge in [-0.05, 0) is 47.2 Å². The Labute approximate surface area is 195 Å². The fourth-order valence-corrected chi connectivity index (χ4v) is 4.08. The maximum absolute atomic E-state index is 12.8. The highest BCUT2D eigenvalue weighted by Gasteiger charge is 2.20. The Morgan fingerprint density at radius 3 is 2.62 bits per heavy atom. The van der Waals surface area contributed by atoms with Gasteiger partial charge < -0.3 is 19.7 Å². The quantitative estimate of drug-likeness (QED) is 0.321. The fourth-order valence-electron chi connectivity index (χ4n) is 4.08. The molecule has 0 saturated carbocycles. The van der Waals surface area contributed by atoms with Gasteiger partial charge in [-0.1, -0.05) is 30.3 Å². The van der Waals surface area contributed by atoms with Crippen LogP contribution in [0.1, 0.15) is 15.9 Å². The number of benzene rings is 4. The van der Waals surface area contributed by atoms with E-state index < -0.39 is 4.92 Å². The van der Waals surface area contributed by atoms with Crippen molar-refractivity contribution in [1.29, 1.82) is 0 Å². The number of fused-ring (bicyclic) bond motifs is 3. The van der Waals surface area contributed by atoms with Gasteiger partial charge in [0.25, 0.3) is 11.6 Å². The molecule has 1 N–H and O–H groups in total. The van der Waals surface area contributed by atoms with Crippen molar-refractivity contribution >= 4 is 33.7 Å². The van der Waals surface area contributed by atoms with Crippen LogP contribution in [-0.2, 0) is 6.54 Å². The van der Waals surface area contributed by atoms with E-state index in [1.807, 2.05) is 30.3 Å². The number of anilines is 2. The molecule has 4 aromatic rings. The number of hydrogen-bond acceptors (Lipinski definition) is 6. The molecule has 34 heavy (non-hydrogen) atoms. The number of hydrogen-bond donors (Lipinski definition) is 1. The van der Waals surface area contributed by atoms with Crippen molar-refractivity contribution in [2.45, 2.75) is 6.54 Å². The monoisotopic (exact) mass is 455 g/mol. The number of nitro groups is 1.